The molecule has 0 aliphatic rings. The van der Waals surface area contributed by atoms with Gasteiger partial charge in [0.2, 0.25) is 0 Å². The number of thiazole rings is 1. The molecule has 5 aromatic rings. The maximum Gasteiger partial charge on any atom is 0.275 e. The fourth-order valence-corrected chi connectivity index (χ4v) is 4.01. The summed E-state index contributed by atoms with van der Waals surface area (Å²) in [5.74, 6) is -0.238. The SMILES string of the molecule is O=C(Nc1cnn(Cc2cn3ccccc3n2)c1)c1csc(Cc2ccccc2)n1. The normalized spacial score (nSPS) is 11.1. The molecule has 4 heterocycles. The monoisotopic (exact) mass is 414 g/mol. The number of rotatable bonds is 6. The van der Waals surface area contributed by atoms with Crippen molar-refractivity contribution < 1.29 is 4.79 Å². The van der Waals surface area contributed by atoms with Crippen LogP contribution in [-0.2, 0) is 13.0 Å². The first-order chi connectivity index (χ1) is 14.7. The van der Waals surface area contributed by atoms with Gasteiger partial charge in [-0.3, -0.25) is 9.48 Å². The van der Waals surface area contributed by atoms with E-state index in [0.717, 1.165) is 22.8 Å². The lowest BCUT2D eigenvalue weighted by atomic mass is 10.2. The average Bonchev–Trinajstić information content (AvgIpc) is 3.49. The maximum absolute atomic E-state index is 12.5. The summed E-state index contributed by atoms with van der Waals surface area (Å²) < 4.78 is 3.72. The van der Waals surface area contributed by atoms with Crippen molar-refractivity contribution in [2.75, 3.05) is 5.32 Å². The van der Waals surface area contributed by atoms with Crippen molar-refractivity contribution in [2.45, 2.75) is 13.0 Å². The second kappa shape index (κ2) is 7.92. The van der Waals surface area contributed by atoms with Crippen LogP contribution in [0.3, 0.4) is 0 Å². The van der Waals surface area contributed by atoms with Crippen LogP contribution in [0, 0.1) is 0 Å². The Balaban J connectivity index is 1.23. The quantitative estimate of drug-likeness (QED) is 0.457. The fourth-order valence-electron chi connectivity index (χ4n) is 3.21. The van der Waals surface area contributed by atoms with Crippen LogP contribution >= 0.6 is 11.3 Å². The molecule has 1 aromatic carbocycles. The van der Waals surface area contributed by atoms with Crippen LogP contribution < -0.4 is 5.32 Å². The van der Waals surface area contributed by atoms with Crippen LogP contribution in [0.4, 0.5) is 5.69 Å². The molecule has 7 nitrogen and oxygen atoms in total. The predicted octanol–water partition coefficient (Wildman–Crippen LogP) is 3.88. The zero-order valence-electron chi connectivity index (χ0n) is 16.0. The van der Waals surface area contributed by atoms with E-state index < -0.39 is 0 Å². The number of imidazole rings is 1. The zero-order valence-corrected chi connectivity index (χ0v) is 16.8. The van der Waals surface area contributed by atoms with Gasteiger partial charge in [-0.15, -0.1) is 11.3 Å². The van der Waals surface area contributed by atoms with Crippen molar-refractivity contribution >= 4 is 28.6 Å². The molecule has 0 aliphatic carbocycles. The molecule has 0 aliphatic heterocycles. The summed E-state index contributed by atoms with van der Waals surface area (Å²) in [5, 5.41) is 9.89. The summed E-state index contributed by atoms with van der Waals surface area (Å²) in [5.41, 5.74) is 4.00. The Morgan fingerprint density at radius 3 is 2.77 bits per heavy atom. The summed E-state index contributed by atoms with van der Waals surface area (Å²) in [7, 11) is 0. The van der Waals surface area contributed by atoms with E-state index in [9.17, 15) is 4.79 Å². The number of carbonyl (C=O) groups excluding carboxylic acids is 1. The molecule has 0 spiro atoms. The standard InChI is InChI=1S/C22H18N6OS/c29-22(19-15-30-21(26-19)10-16-6-2-1-3-7-16)25-17-11-23-28(13-17)14-18-12-27-9-5-4-8-20(27)24-18/h1-9,11-13,15H,10,14H2,(H,25,29). The van der Waals surface area contributed by atoms with E-state index in [1.54, 1.807) is 22.5 Å². The van der Waals surface area contributed by atoms with Crippen molar-refractivity contribution in [3.8, 4) is 0 Å². The lowest BCUT2D eigenvalue weighted by Crippen LogP contribution is -2.12. The first-order valence-electron chi connectivity index (χ1n) is 9.48. The second-order valence-corrected chi connectivity index (χ2v) is 7.81. The van der Waals surface area contributed by atoms with E-state index in [4.69, 9.17) is 0 Å². The third-order valence-electron chi connectivity index (χ3n) is 4.61. The number of anilines is 1. The van der Waals surface area contributed by atoms with Gasteiger partial charge < -0.3 is 9.72 Å². The number of nitrogens with zero attached hydrogens (tertiary/aromatic N) is 5. The minimum absolute atomic E-state index is 0.238. The van der Waals surface area contributed by atoms with Crippen molar-refractivity contribution in [2.24, 2.45) is 0 Å². The molecule has 4 aromatic heterocycles. The number of nitrogens with one attached hydrogen (secondary N) is 1. The lowest BCUT2D eigenvalue weighted by Gasteiger charge is -1.99. The summed E-state index contributed by atoms with van der Waals surface area (Å²) in [6, 6.07) is 16.0. The van der Waals surface area contributed by atoms with Crippen LogP contribution in [0.1, 0.15) is 26.8 Å². The van der Waals surface area contributed by atoms with E-state index in [2.05, 4.69) is 32.5 Å². The lowest BCUT2D eigenvalue weighted by molar-refractivity contribution is 0.102. The van der Waals surface area contributed by atoms with E-state index in [-0.39, 0.29) is 5.91 Å². The molecule has 0 unspecified atom stereocenters. The molecule has 30 heavy (non-hydrogen) atoms. The summed E-state index contributed by atoms with van der Waals surface area (Å²) >= 11 is 1.49. The molecule has 0 radical (unpaired) electrons. The first-order valence-corrected chi connectivity index (χ1v) is 10.4. The largest absolute Gasteiger partial charge is 0.318 e. The van der Waals surface area contributed by atoms with Crippen LogP contribution in [-0.4, -0.2) is 30.1 Å². The minimum Gasteiger partial charge on any atom is -0.318 e. The molecule has 148 valence electrons. The Morgan fingerprint density at radius 1 is 1.03 bits per heavy atom. The van der Waals surface area contributed by atoms with E-state index >= 15 is 0 Å². The van der Waals surface area contributed by atoms with Crippen molar-refractivity contribution in [3.63, 3.8) is 0 Å². The van der Waals surface area contributed by atoms with Gasteiger partial charge in [-0.25, -0.2) is 9.97 Å². The summed E-state index contributed by atoms with van der Waals surface area (Å²) in [6.45, 7) is 0.523. The average molecular weight is 414 g/mol. The highest BCUT2D eigenvalue weighted by Gasteiger charge is 2.13. The Kier molecular flexibility index (Phi) is 4.82. The molecule has 0 saturated heterocycles. The van der Waals surface area contributed by atoms with Gasteiger partial charge in [0, 0.05) is 30.4 Å². The number of benzene rings is 1. The van der Waals surface area contributed by atoms with Crippen molar-refractivity contribution in [1.29, 1.82) is 0 Å². The Morgan fingerprint density at radius 2 is 1.90 bits per heavy atom. The van der Waals surface area contributed by atoms with Gasteiger partial charge in [0.15, 0.2) is 0 Å². The number of aromatic nitrogens is 5. The smallest absolute Gasteiger partial charge is 0.275 e. The number of carbonyl (C=O) groups is 1. The van der Waals surface area contributed by atoms with Crippen molar-refractivity contribution in [1.82, 2.24) is 24.1 Å². The highest BCUT2D eigenvalue weighted by atomic mass is 32.1. The molecule has 0 saturated carbocycles. The minimum atomic E-state index is -0.238. The topological polar surface area (TPSA) is 77.1 Å². The van der Waals surface area contributed by atoms with Gasteiger partial charge in [-0.1, -0.05) is 36.4 Å². The molecule has 0 atom stereocenters. The van der Waals surface area contributed by atoms with Gasteiger partial charge >= 0.3 is 0 Å². The number of hydrogen-bond donors (Lipinski definition) is 1. The van der Waals surface area contributed by atoms with Crippen LogP contribution in [0.5, 0.6) is 0 Å². The molecular weight excluding hydrogens is 396 g/mol. The highest BCUT2D eigenvalue weighted by Crippen LogP contribution is 2.16. The number of fused-ring (bicyclic) bond motifs is 1. The number of amides is 1. The fraction of sp³-hybridized carbons (Fsp3) is 0.0909. The molecule has 1 amide bonds. The molecule has 8 heteroatoms. The van der Waals surface area contributed by atoms with Crippen LogP contribution in [0.2, 0.25) is 0 Å². The van der Waals surface area contributed by atoms with E-state index in [1.165, 1.54) is 16.9 Å². The Hall–Kier alpha value is -3.78. The molecule has 0 fully saturated rings. The van der Waals surface area contributed by atoms with Crippen LogP contribution in [0.15, 0.2) is 78.7 Å². The third kappa shape index (κ3) is 3.99. The van der Waals surface area contributed by atoms with E-state index in [1.807, 2.05) is 53.2 Å². The van der Waals surface area contributed by atoms with Gasteiger partial charge in [0.05, 0.1) is 29.1 Å². The van der Waals surface area contributed by atoms with Crippen LogP contribution in [0.25, 0.3) is 5.65 Å². The molecular formula is C22H18N6OS. The Labute approximate surface area is 176 Å². The highest BCUT2D eigenvalue weighted by molar-refractivity contribution is 7.09. The Bertz CT molecular complexity index is 1270. The predicted molar refractivity (Wildman–Crippen MR) is 116 cm³/mol. The van der Waals surface area contributed by atoms with Gasteiger partial charge in [-0.2, -0.15) is 5.10 Å². The van der Waals surface area contributed by atoms with Crippen molar-refractivity contribution in [3.05, 3.63) is 101 Å². The van der Waals surface area contributed by atoms with Gasteiger partial charge in [0.1, 0.15) is 11.3 Å². The second-order valence-electron chi connectivity index (χ2n) is 6.87. The zero-order chi connectivity index (χ0) is 20.3. The third-order valence-corrected chi connectivity index (χ3v) is 5.46. The first kappa shape index (κ1) is 18.3. The van der Waals surface area contributed by atoms with Gasteiger partial charge in [-0.05, 0) is 17.7 Å². The number of pyridine rings is 1. The molecule has 1 N–H and O–H groups in total. The maximum atomic E-state index is 12.5. The van der Waals surface area contributed by atoms with Gasteiger partial charge in [0.25, 0.3) is 5.91 Å². The summed E-state index contributed by atoms with van der Waals surface area (Å²) in [6.07, 6.45) is 8.07. The summed E-state index contributed by atoms with van der Waals surface area (Å²) in [4.78, 5) is 21.6. The van der Waals surface area contributed by atoms with E-state index in [0.29, 0.717) is 17.9 Å². The molecule has 0 bridgehead atoms. The molecule has 5 rings (SSSR count). The number of hydrogen-bond acceptors (Lipinski definition) is 5.